The maximum absolute atomic E-state index is 13.5. The molecule has 0 N–H and O–H groups in total. The third-order valence-electron chi connectivity index (χ3n) is 5.96. The second-order valence-corrected chi connectivity index (χ2v) is 12.4. The first kappa shape index (κ1) is 26.4. The maximum Gasteiger partial charge on any atom is 0.243 e. The van der Waals surface area contributed by atoms with E-state index >= 15 is 0 Å². The number of rotatable bonds is 10. The van der Waals surface area contributed by atoms with Crippen molar-refractivity contribution in [3.63, 3.8) is 0 Å². The van der Waals surface area contributed by atoms with Gasteiger partial charge in [0.1, 0.15) is 17.4 Å². The minimum absolute atomic E-state index is 0.207. The lowest BCUT2D eigenvalue weighted by atomic mass is 10.1. The Balaban J connectivity index is 1.47. The Kier molecular flexibility index (Phi) is 9.07. The molecule has 0 amide bonds. The van der Waals surface area contributed by atoms with Gasteiger partial charge in [-0.3, -0.25) is 0 Å². The van der Waals surface area contributed by atoms with Crippen molar-refractivity contribution in [3.05, 3.63) is 74.2 Å². The van der Waals surface area contributed by atoms with E-state index in [0.29, 0.717) is 39.5 Å². The van der Waals surface area contributed by atoms with Crippen LogP contribution in [0.25, 0.3) is 0 Å². The van der Waals surface area contributed by atoms with Gasteiger partial charge >= 0.3 is 0 Å². The van der Waals surface area contributed by atoms with Crippen LogP contribution in [0.4, 0.5) is 0 Å². The fourth-order valence-corrected chi connectivity index (χ4v) is 6.41. The molecule has 1 aromatic heterocycles. The molecule has 2 heterocycles. The highest BCUT2D eigenvalue weighted by atomic mass is 35.5. The summed E-state index contributed by atoms with van der Waals surface area (Å²) in [6.45, 7) is 5.53. The van der Waals surface area contributed by atoms with Crippen LogP contribution in [-0.2, 0) is 23.2 Å². The van der Waals surface area contributed by atoms with Gasteiger partial charge in [0, 0.05) is 29.6 Å². The number of hydrogen-bond acceptors (Lipinski definition) is 6. The van der Waals surface area contributed by atoms with Gasteiger partial charge in [0.25, 0.3) is 0 Å². The number of aromatic nitrogens is 1. The molecule has 0 bridgehead atoms. The second kappa shape index (κ2) is 12.0. The monoisotopic (exact) mass is 553 g/mol. The molecule has 0 saturated carbocycles. The summed E-state index contributed by atoms with van der Waals surface area (Å²) in [7, 11) is -3.67. The molecule has 3 aromatic rings. The Morgan fingerprint density at radius 1 is 1.09 bits per heavy atom. The molecule has 1 saturated heterocycles. The number of likely N-dealkylation sites (tertiary alicyclic amines) is 1. The quantitative estimate of drug-likeness (QED) is 0.307. The van der Waals surface area contributed by atoms with Gasteiger partial charge in [0.05, 0.1) is 22.2 Å². The van der Waals surface area contributed by atoms with Crippen LogP contribution in [0.1, 0.15) is 35.5 Å². The van der Waals surface area contributed by atoms with Gasteiger partial charge in [0.2, 0.25) is 10.0 Å². The lowest BCUT2D eigenvalue weighted by molar-refractivity contribution is 0.211. The van der Waals surface area contributed by atoms with E-state index in [-0.39, 0.29) is 13.2 Å². The number of sulfonamides is 1. The van der Waals surface area contributed by atoms with Gasteiger partial charge in [-0.15, -0.1) is 11.3 Å². The molecular formula is C25H29Cl2N3O3S2. The number of aryl methyl sites for hydroxylation is 1. The Hall–Kier alpha value is -1.68. The number of piperidine rings is 1. The molecule has 1 fully saturated rings. The number of thiazole rings is 1. The van der Waals surface area contributed by atoms with Gasteiger partial charge < -0.3 is 9.64 Å². The van der Waals surface area contributed by atoms with Crippen molar-refractivity contribution < 1.29 is 13.2 Å². The van der Waals surface area contributed by atoms with E-state index in [1.807, 2.05) is 24.4 Å². The lowest BCUT2D eigenvalue weighted by Crippen LogP contribution is -2.40. The van der Waals surface area contributed by atoms with Crippen molar-refractivity contribution in [1.29, 1.82) is 0 Å². The summed E-state index contributed by atoms with van der Waals surface area (Å²) in [6.07, 6.45) is 3.57. The molecule has 0 unspecified atom stereocenters. The SMILES string of the molecule is Cc1ccc(S(=O)(=O)N(CCN2CCCCC2)Cc2csc(COc3cc(Cl)ccc3Cl)n2)cc1. The van der Waals surface area contributed by atoms with E-state index in [4.69, 9.17) is 27.9 Å². The molecular weight excluding hydrogens is 525 g/mol. The number of halogens is 2. The fourth-order valence-electron chi connectivity index (χ4n) is 3.98. The van der Waals surface area contributed by atoms with Crippen molar-refractivity contribution >= 4 is 44.6 Å². The van der Waals surface area contributed by atoms with E-state index in [0.717, 1.165) is 36.5 Å². The van der Waals surface area contributed by atoms with Gasteiger partial charge in [-0.2, -0.15) is 4.31 Å². The van der Waals surface area contributed by atoms with Crippen molar-refractivity contribution in [1.82, 2.24) is 14.2 Å². The summed E-state index contributed by atoms with van der Waals surface area (Å²) >= 11 is 13.6. The Morgan fingerprint density at radius 2 is 1.83 bits per heavy atom. The third-order valence-corrected chi connectivity index (χ3v) is 9.23. The van der Waals surface area contributed by atoms with Crippen LogP contribution in [0, 0.1) is 6.92 Å². The van der Waals surface area contributed by atoms with Gasteiger partial charge in [-0.05, 0) is 57.1 Å². The topological polar surface area (TPSA) is 62.7 Å². The first-order valence-corrected chi connectivity index (χ1v) is 14.7. The molecule has 2 aromatic carbocycles. The lowest BCUT2D eigenvalue weighted by Gasteiger charge is -2.29. The standard InChI is InChI=1S/C25H29Cl2N3O3S2/c1-19-5-8-22(9-6-19)35(31,32)30(14-13-29-11-3-2-4-12-29)16-21-18-34-25(28-21)17-33-24-15-20(26)7-10-23(24)27/h5-10,15,18H,2-4,11-14,16-17H2,1H3. The van der Waals surface area contributed by atoms with Gasteiger partial charge in [0.15, 0.2) is 0 Å². The van der Waals surface area contributed by atoms with Crippen molar-refractivity contribution in [3.8, 4) is 5.75 Å². The van der Waals surface area contributed by atoms with Crippen molar-refractivity contribution in [2.24, 2.45) is 0 Å². The summed E-state index contributed by atoms with van der Waals surface area (Å²) in [4.78, 5) is 7.28. The molecule has 0 radical (unpaired) electrons. The van der Waals surface area contributed by atoms with Crippen LogP contribution in [0.3, 0.4) is 0 Å². The zero-order chi connectivity index (χ0) is 24.8. The van der Waals surface area contributed by atoms with E-state index in [1.54, 1.807) is 34.6 Å². The Morgan fingerprint density at radius 3 is 2.57 bits per heavy atom. The fraction of sp³-hybridized carbons (Fsp3) is 0.400. The molecule has 4 rings (SSSR count). The van der Waals surface area contributed by atoms with E-state index in [1.165, 1.54) is 17.8 Å². The average molecular weight is 555 g/mol. The highest BCUT2D eigenvalue weighted by Crippen LogP contribution is 2.29. The smallest absolute Gasteiger partial charge is 0.243 e. The summed E-state index contributed by atoms with van der Waals surface area (Å²) in [5, 5.41) is 3.63. The summed E-state index contributed by atoms with van der Waals surface area (Å²) in [5.41, 5.74) is 1.72. The second-order valence-electron chi connectivity index (χ2n) is 8.65. The predicted octanol–water partition coefficient (Wildman–Crippen LogP) is 6.01. The number of hydrogen-bond donors (Lipinski definition) is 0. The minimum atomic E-state index is -3.67. The van der Waals surface area contributed by atoms with E-state index in [9.17, 15) is 8.42 Å². The molecule has 1 aliphatic heterocycles. The first-order valence-electron chi connectivity index (χ1n) is 11.6. The van der Waals surface area contributed by atoms with E-state index < -0.39 is 10.0 Å². The number of benzene rings is 2. The Bertz CT molecular complexity index is 1230. The molecule has 0 aliphatic carbocycles. The predicted molar refractivity (Wildman–Crippen MR) is 142 cm³/mol. The highest BCUT2D eigenvalue weighted by molar-refractivity contribution is 7.89. The summed E-state index contributed by atoms with van der Waals surface area (Å²) in [5.74, 6) is 0.487. The zero-order valence-electron chi connectivity index (χ0n) is 19.6. The van der Waals surface area contributed by atoms with Crippen LogP contribution in [0.2, 0.25) is 10.0 Å². The minimum Gasteiger partial charge on any atom is -0.485 e. The number of nitrogens with zero attached hydrogens (tertiary/aromatic N) is 3. The molecule has 0 spiro atoms. The molecule has 0 atom stereocenters. The normalized spacial score (nSPS) is 15.0. The molecule has 188 valence electrons. The molecule has 10 heteroatoms. The summed E-state index contributed by atoms with van der Waals surface area (Å²) in [6, 6.07) is 12.0. The zero-order valence-corrected chi connectivity index (χ0v) is 22.8. The summed E-state index contributed by atoms with van der Waals surface area (Å²) < 4.78 is 34.4. The highest BCUT2D eigenvalue weighted by Gasteiger charge is 2.26. The first-order chi connectivity index (χ1) is 16.8. The van der Waals surface area contributed by atoms with Crippen LogP contribution in [0.15, 0.2) is 52.7 Å². The third kappa shape index (κ3) is 7.18. The molecule has 6 nitrogen and oxygen atoms in total. The number of ether oxygens (including phenoxy) is 1. The van der Waals surface area contributed by atoms with Crippen LogP contribution >= 0.6 is 34.5 Å². The van der Waals surface area contributed by atoms with Crippen LogP contribution in [-0.4, -0.2) is 48.8 Å². The van der Waals surface area contributed by atoms with Gasteiger partial charge in [-0.1, -0.05) is 47.3 Å². The average Bonchev–Trinajstić information content (AvgIpc) is 3.30. The van der Waals surface area contributed by atoms with Crippen LogP contribution in [0.5, 0.6) is 5.75 Å². The largest absolute Gasteiger partial charge is 0.485 e. The maximum atomic E-state index is 13.5. The molecule has 35 heavy (non-hydrogen) atoms. The van der Waals surface area contributed by atoms with E-state index in [2.05, 4.69) is 9.88 Å². The molecule has 1 aliphatic rings. The Labute approximate surface area is 221 Å². The van der Waals surface area contributed by atoms with Crippen LogP contribution < -0.4 is 4.74 Å². The van der Waals surface area contributed by atoms with Crippen molar-refractivity contribution in [2.75, 3.05) is 26.2 Å². The van der Waals surface area contributed by atoms with Gasteiger partial charge in [-0.25, -0.2) is 13.4 Å². The van der Waals surface area contributed by atoms with Crippen molar-refractivity contribution in [2.45, 2.75) is 44.2 Å².